The lowest BCUT2D eigenvalue weighted by Crippen LogP contribution is -2.12. The standard InChI is InChI=1S/2C6H12O.H2S/c2*1-6(2,3)5-4-7-5;/h2*5H,4H2,1-3H3;1H2/t5-;;/m1../s1. The van der Waals surface area contributed by atoms with Gasteiger partial charge in [-0.2, -0.15) is 13.5 Å². The lowest BCUT2D eigenvalue weighted by atomic mass is 9.93. The molecule has 2 atom stereocenters. The smallest absolute Gasteiger partial charge is 0.0858 e. The Bertz CT molecular complexity index is 161. The van der Waals surface area contributed by atoms with Gasteiger partial charge in [0.1, 0.15) is 0 Å². The highest BCUT2D eigenvalue weighted by Crippen LogP contribution is 2.31. The van der Waals surface area contributed by atoms with Crippen LogP contribution in [0.2, 0.25) is 0 Å². The predicted octanol–water partition coefficient (Wildman–Crippen LogP) is 2.98. The molecule has 0 aromatic heterocycles. The van der Waals surface area contributed by atoms with E-state index in [1.165, 1.54) is 0 Å². The molecule has 2 nitrogen and oxygen atoms in total. The highest BCUT2D eigenvalue weighted by Gasteiger charge is 2.35. The molecule has 0 aromatic rings. The SMILES string of the molecule is CC(C)(C)C1CO1.CC(C)(C)[C@H]1CO1.S. The minimum Gasteiger partial charge on any atom is -0.373 e. The molecular weight excluding hydrogens is 208 g/mol. The Hall–Kier alpha value is 0.270. The first-order valence-electron chi connectivity index (χ1n) is 5.44. The van der Waals surface area contributed by atoms with Crippen molar-refractivity contribution in [1.29, 1.82) is 0 Å². The molecule has 2 fully saturated rings. The van der Waals surface area contributed by atoms with Crippen molar-refractivity contribution >= 4 is 13.5 Å². The molecule has 0 radical (unpaired) electrons. The van der Waals surface area contributed by atoms with E-state index in [1.807, 2.05) is 0 Å². The molecule has 0 N–H and O–H groups in total. The van der Waals surface area contributed by atoms with Gasteiger partial charge in [0, 0.05) is 0 Å². The van der Waals surface area contributed by atoms with E-state index in [-0.39, 0.29) is 13.5 Å². The van der Waals surface area contributed by atoms with Gasteiger partial charge in [0.2, 0.25) is 0 Å². The molecule has 2 aliphatic heterocycles. The van der Waals surface area contributed by atoms with Gasteiger partial charge >= 0.3 is 0 Å². The summed E-state index contributed by atoms with van der Waals surface area (Å²) in [5.74, 6) is 0. The van der Waals surface area contributed by atoms with Gasteiger partial charge in [0.05, 0.1) is 25.4 Å². The highest BCUT2D eigenvalue weighted by molar-refractivity contribution is 7.59. The molecule has 0 aromatic carbocycles. The maximum absolute atomic E-state index is 5.07. The third kappa shape index (κ3) is 6.44. The Morgan fingerprint density at radius 1 is 0.733 bits per heavy atom. The van der Waals surface area contributed by atoms with Crippen LogP contribution in [0.5, 0.6) is 0 Å². The van der Waals surface area contributed by atoms with Gasteiger partial charge in [-0.05, 0) is 10.8 Å². The van der Waals surface area contributed by atoms with Gasteiger partial charge in [0.15, 0.2) is 0 Å². The summed E-state index contributed by atoms with van der Waals surface area (Å²) in [6.07, 6.45) is 1.10. The van der Waals surface area contributed by atoms with Gasteiger partial charge in [0.25, 0.3) is 0 Å². The maximum atomic E-state index is 5.07. The number of rotatable bonds is 0. The molecular formula is C12H26O2S. The van der Waals surface area contributed by atoms with Crippen LogP contribution in [0.15, 0.2) is 0 Å². The fraction of sp³-hybridized carbons (Fsp3) is 1.00. The van der Waals surface area contributed by atoms with Crippen molar-refractivity contribution in [3.8, 4) is 0 Å². The second kappa shape index (κ2) is 5.07. The second-order valence-corrected chi connectivity index (χ2v) is 6.38. The summed E-state index contributed by atoms with van der Waals surface area (Å²) >= 11 is 0. The minimum atomic E-state index is 0. The van der Waals surface area contributed by atoms with Crippen LogP contribution in [-0.2, 0) is 9.47 Å². The van der Waals surface area contributed by atoms with E-state index >= 15 is 0 Å². The van der Waals surface area contributed by atoms with Gasteiger partial charge in [-0.3, -0.25) is 0 Å². The van der Waals surface area contributed by atoms with E-state index in [9.17, 15) is 0 Å². The normalized spacial score (nSPS) is 28.4. The fourth-order valence-corrected chi connectivity index (χ4v) is 1.10. The molecule has 0 saturated carbocycles. The first-order valence-corrected chi connectivity index (χ1v) is 5.44. The summed E-state index contributed by atoms with van der Waals surface area (Å²) in [4.78, 5) is 0. The van der Waals surface area contributed by atoms with Gasteiger partial charge in [-0.25, -0.2) is 0 Å². The van der Waals surface area contributed by atoms with Crippen LogP contribution < -0.4 is 0 Å². The van der Waals surface area contributed by atoms with E-state index in [2.05, 4.69) is 41.5 Å². The molecule has 2 rings (SSSR count). The third-order valence-corrected chi connectivity index (χ3v) is 2.60. The molecule has 92 valence electrons. The third-order valence-electron chi connectivity index (χ3n) is 2.60. The summed E-state index contributed by atoms with van der Waals surface area (Å²) in [7, 11) is 0. The monoisotopic (exact) mass is 234 g/mol. The summed E-state index contributed by atoms with van der Waals surface area (Å²) in [5.41, 5.74) is 0.778. The highest BCUT2D eigenvalue weighted by atomic mass is 32.1. The Morgan fingerprint density at radius 2 is 0.933 bits per heavy atom. The zero-order valence-corrected chi connectivity index (χ0v) is 11.9. The lowest BCUT2D eigenvalue weighted by molar-refractivity contribution is 0.266. The number of hydrogen-bond donors (Lipinski definition) is 0. The van der Waals surface area contributed by atoms with Crippen LogP contribution in [0.1, 0.15) is 41.5 Å². The Kier molecular flexibility index (Phi) is 5.16. The Balaban J connectivity index is 0.000000245. The fourth-order valence-electron chi connectivity index (χ4n) is 1.10. The molecule has 0 amide bonds. The van der Waals surface area contributed by atoms with Crippen LogP contribution in [0, 0.1) is 10.8 Å². The topological polar surface area (TPSA) is 25.1 Å². The number of hydrogen-bond acceptors (Lipinski definition) is 2. The maximum Gasteiger partial charge on any atom is 0.0858 e. The van der Waals surface area contributed by atoms with Crippen LogP contribution in [-0.4, -0.2) is 25.4 Å². The molecule has 0 aliphatic carbocycles. The quantitative estimate of drug-likeness (QED) is 0.602. The van der Waals surface area contributed by atoms with Crippen molar-refractivity contribution in [3.05, 3.63) is 0 Å². The van der Waals surface area contributed by atoms with Gasteiger partial charge in [-0.1, -0.05) is 41.5 Å². The van der Waals surface area contributed by atoms with Crippen molar-refractivity contribution < 1.29 is 9.47 Å². The Morgan fingerprint density at radius 3 is 0.933 bits per heavy atom. The molecule has 0 spiro atoms. The first-order chi connectivity index (χ1) is 6.21. The average molecular weight is 234 g/mol. The van der Waals surface area contributed by atoms with E-state index in [1.54, 1.807) is 0 Å². The average Bonchev–Trinajstić information content (AvgIpc) is 2.81. The summed E-state index contributed by atoms with van der Waals surface area (Å²) in [6, 6.07) is 0. The van der Waals surface area contributed by atoms with E-state index in [0.717, 1.165) is 13.2 Å². The zero-order chi connectivity index (χ0) is 11.0. The van der Waals surface area contributed by atoms with E-state index < -0.39 is 0 Å². The van der Waals surface area contributed by atoms with Crippen molar-refractivity contribution in [2.75, 3.05) is 13.2 Å². The van der Waals surface area contributed by atoms with Gasteiger partial charge < -0.3 is 9.47 Å². The molecule has 2 heterocycles. The van der Waals surface area contributed by atoms with Crippen LogP contribution in [0.3, 0.4) is 0 Å². The first kappa shape index (κ1) is 15.3. The number of epoxide rings is 2. The molecule has 2 saturated heterocycles. The van der Waals surface area contributed by atoms with Crippen molar-refractivity contribution in [3.63, 3.8) is 0 Å². The number of ether oxygens (including phenoxy) is 2. The lowest BCUT2D eigenvalue weighted by Gasteiger charge is -2.12. The second-order valence-electron chi connectivity index (χ2n) is 6.38. The van der Waals surface area contributed by atoms with Crippen LogP contribution in [0.4, 0.5) is 0 Å². The minimum absolute atomic E-state index is 0. The predicted molar refractivity (Wildman–Crippen MR) is 68.8 cm³/mol. The Labute approximate surface area is 101 Å². The zero-order valence-electron chi connectivity index (χ0n) is 10.9. The largest absolute Gasteiger partial charge is 0.373 e. The molecule has 1 unspecified atom stereocenters. The summed E-state index contributed by atoms with van der Waals surface area (Å²) in [5, 5.41) is 0. The molecule has 15 heavy (non-hydrogen) atoms. The molecule has 3 heteroatoms. The van der Waals surface area contributed by atoms with Crippen LogP contribution in [0.25, 0.3) is 0 Å². The summed E-state index contributed by atoms with van der Waals surface area (Å²) in [6.45, 7) is 15.1. The van der Waals surface area contributed by atoms with Crippen molar-refractivity contribution in [2.24, 2.45) is 10.8 Å². The molecule has 2 aliphatic rings. The van der Waals surface area contributed by atoms with E-state index in [4.69, 9.17) is 9.47 Å². The van der Waals surface area contributed by atoms with E-state index in [0.29, 0.717) is 23.0 Å². The van der Waals surface area contributed by atoms with Crippen LogP contribution >= 0.6 is 13.5 Å². The van der Waals surface area contributed by atoms with Crippen molar-refractivity contribution in [2.45, 2.75) is 53.8 Å². The van der Waals surface area contributed by atoms with Gasteiger partial charge in [-0.15, -0.1) is 0 Å². The summed E-state index contributed by atoms with van der Waals surface area (Å²) < 4.78 is 10.1. The molecule has 0 bridgehead atoms. The van der Waals surface area contributed by atoms with Crippen molar-refractivity contribution in [1.82, 2.24) is 0 Å².